The van der Waals surface area contributed by atoms with Gasteiger partial charge in [0.25, 0.3) is 0 Å². The second kappa shape index (κ2) is 7.95. The summed E-state index contributed by atoms with van der Waals surface area (Å²) in [6.45, 7) is 2.27. The van der Waals surface area contributed by atoms with E-state index in [0.717, 1.165) is 11.1 Å². The van der Waals surface area contributed by atoms with Gasteiger partial charge < -0.3 is 18.9 Å². The summed E-state index contributed by atoms with van der Waals surface area (Å²) in [6, 6.07) is 8.81. The topological polar surface area (TPSA) is 54.0 Å². The van der Waals surface area contributed by atoms with Crippen molar-refractivity contribution in [1.82, 2.24) is 0 Å². The highest BCUT2D eigenvalue weighted by atomic mass is 35.5. The Morgan fingerprint density at radius 3 is 2.92 bits per heavy atom. The van der Waals surface area contributed by atoms with Gasteiger partial charge >= 0.3 is 5.97 Å². The third-order valence-corrected chi connectivity index (χ3v) is 4.10. The van der Waals surface area contributed by atoms with Gasteiger partial charge in [-0.25, -0.2) is 4.79 Å². The van der Waals surface area contributed by atoms with E-state index in [9.17, 15) is 4.79 Å². The average molecular weight is 383 g/mol. The van der Waals surface area contributed by atoms with Crippen LogP contribution in [0.1, 0.15) is 16.7 Å². The van der Waals surface area contributed by atoms with Crippen LogP contribution in [-0.2, 0) is 27.5 Å². The SMILES string of the molecule is Cc1ccc(Cl)c(OCC(=O)OCc2cc(Cl)cc3c2OCOC3)c1. The number of hydrogen-bond acceptors (Lipinski definition) is 5. The molecule has 0 aliphatic carbocycles. The molecule has 3 rings (SSSR count). The lowest BCUT2D eigenvalue weighted by Gasteiger charge is -2.21. The molecule has 1 aliphatic heterocycles. The van der Waals surface area contributed by atoms with Crippen LogP contribution < -0.4 is 9.47 Å². The van der Waals surface area contributed by atoms with Gasteiger partial charge in [0.2, 0.25) is 0 Å². The van der Waals surface area contributed by atoms with Crippen LogP contribution in [-0.4, -0.2) is 19.4 Å². The number of benzene rings is 2. The first-order valence-corrected chi connectivity index (χ1v) is 8.35. The monoisotopic (exact) mass is 382 g/mol. The second-order valence-electron chi connectivity index (χ2n) is 5.55. The Balaban J connectivity index is 1.59. The lowest BCUT2D eigenvalue weighted by Crippen LogP contribution is -2.17. The molecule has 2 aromatic rings. The van der Waals surface area contributed by atoms with Gasteiger partial charge in [-0.05, 0) is 36.8 Å². The van der Waals surface area contributed by atoms with Gasteiger partial charge in [0, 0.05) is 16.1 Å². The van der Waals surface area contributed by atoms with Gasteiger partial charge in [0.05, 0.1) is 11.6 Å². The maximum atomic E-state index is 12.0. The second-order valence-corrected chi connectivity index (χ2v) is 6.39. The van der Waals surface area contributed by atoms with Crippen LogP contribution in [0.5, 0.6) is 11.5 Å². The van der Waals surface area contributed by atoms with Gasteiger partial charge in [-0.3, -0.25) is 0 Å². The molecule has 0 radical (unpaired) electrons. The smallest absolute Gasteiger partial charge is 0.344 e. The molecule has 0 amide bonds. The zero-order valence-electron chi connectivity index (χ0n) is 13.5. The number of halogens is 2. The van der Waals surface area contributed by atoms with Gasteiger partial charge in [-0.15, -0.1) is 0 Å². The summed E-state index contributed by atoms with van der Waals surface area (Å²) in [5.41, 5.74) is 2.50. The average Bonchev–Trinajstić information content (AvgIpc) is 2.60. The van der Waals surface area contributed by atoms with Crippen LogP contribution in [0, 0.1) is 6.92 Å². The first-order chi connectivity index (χ1) is 12.0. The molecule has 25 heavy (non-hydrogen) atoms. The van der Waals surface area contributed by atoms with Gasteiger partial charge in [-0.2, -0.15) is 0 Å². The van der Waals surface area contributed by atoms with Gasteiger partial charge in [0.15, 0.2) is 13.4 Å². The van der Waals surface area contributed by atoms with E-state index in [0.29, 0.717) is 33.7 Å². The number of carbonyl (C=O) groups is 1. The number of carbonyl (C=O) groups excluding carboxylic acids is 1. The van der Waals surface area contributed by atoms with Crippen LogP contribution in [0.2, 0.25) is 10.0 Å². The third kappa shape index (κ3) is 4.57. The largest absolute Gasteiger partial charge is 0.480 e. The highest BCUT2D eigenvalue weighted by Crippen LogP contribution is 2.32. The molecule has 1 aliphatic rings. The molecule has 0 saturated carbocycles. The molecule has 0 aromatic heterocycles. The predicted octanol–water partition coefficient (Wildman–Crippen LogP) is 4.29. The van der Waals surface area contributed by atoms with Crippen molar-refractivity contribution >= 4 is 29.2 Å². The molecule has 0 saturated heterocycles. The van der Waals surface area contributed by atoms with E-state index in [4.69, 9.17) is 42.1 Å². The Labute approximate surface area is 155 Å². The predicted molar refractivity (Wildman–Crippen MR) is 93.2 cm³/mol. The molecule has 0 bridgehead atoms. The molecule has 132 valence electrons. The van der Waals surface area contributed by atoms with Crippen molar-refractivity contribution in [3.8, 4) is 11.5 Å². The quantitative estimate of drug-likeness (QED) is 0.721. The number of aryl methyl sites for hydroxylation is 1. The van der Waals surface area contributed by atoms with Crippen molar-refractivity contribution in [3.05, 3.63) is 57.1 Å². The molecule has 5 nitrogen and oxygen atoms in total. The summed E-state index contributed by atoms with van der Waals surface area (Å²) in [5, 5.41) is 0.970. The molecular weight excluding hydrogens is 367 g/mol. The minimum atomic E-state index is -0.515. The molecule has 0 fully saturated rings. The highest BCUT2D eigenvalue weighted by Gasteiger charge is 2.18. The number of hydrogen-bond donors (Lipinski definition) is 0. The van der Waals surface area contributed by atoms with E-state index < -0.39 is 5.97 Å². The summed E-state index contributed by atoms with van der Waals surface area (Å²) >= 11 is 12.1. The molecule has 0 atom stereocenters. The van der Waals surface area contributed by atoms with Crippen LogP contribution in [0.3, 0.4) is 0 Å². The highest BCUT2D eigenvalue weighted by molar-refractivity contribution is 6.32. The van der Waals surface area contributed by atoms with E-state index >= 15 is 0 Å². The first kappa shape index (κ1) is 17.9. The molecule has 0 unspecified atom stereocenters. The maximum Gasteiger partial charge on any atom is 0.344 e. The van der Waals surface area contributed by atoms with Crippen LogP contribution in [0.25, 0.3) is 0 Å². The van der Waals surface area contributed by atoms with Crippen molar-refractivity contribution in [2.45, 2.75) is 20.1 Å². The van der Waals surface area contributed by atoms with E-state index in [1.54, 1.807) is 24.3 Å². The molecule has 7 heteroatoms. The Hall–Kier alpha value is -1.95. The van der Waals surface area contributed by atoms with Crippen LogP contribution in [0.4, 0.5) is 0 Å². The summed E-state index contributed by atoms with van der Waals surface area (Å²) in [7, 11) is 0. The van der Waals surface area contributed by atoms with Gasteiger partial charge in [0.1, 0.15) is 18.1 Å². The number of rotatable bonds is 5. The summed E-state index contributed by atoms with van der Waals surface area (Å²) < 4.78 is 21.4. The number of ether oxygens (including phenoxy) is 4. The number of fused-ring (bicyclic) bond motifs is 1. The Morgan fingerprint density at radius 1 is 1.24 bits per heavy atom. The minimum absolute atomic E-state index is 0.0344. The zero-order valence-corrected chi connectivity index (χ0v) is 15.0. The Morgan fingerprint density at radius 2 is 2.08 bits per heavy atom. The fraction of sp³-hybridized carbons (Fsp3) is 0.278. The lowest BCUT2D eigenvalue weighted by atomic mass is 10.1. The summed E-state index contributed by atoms with van der Waals surface area (Å²) in [5.74, 6) is 0.573. The van der Waals surface area contributed by atoms with Crippen molar-refractivity contribution in [2.75, 3.05) is 13.4 Å². The zero-order chi connectivity index (χ0) is 17.8. The van der Waals surface area contributed by atoms with E-state index in [1.165, 1.54) is 0 Å². The maximum absolute atomic E-state index is 12.0. The van der Waals surface area contributed by atoms with Gasteiger partial charge in [-0.1, -0.05) is 29.3 Å². The molecule has 1 heterocycles. The van der Waals surface area contributed by atoms with Crippen LogP contribution in [0.15, 0.2) is 30.3 Å². The minimum Gasteiger partial charge on any atom is -0.480 e. The van der Waals surface area contributed by atoms with E-state index in [1.807, 2.05) is 13.0 Å². The third-order valence-electron chi connectivity index (χ3n) is 3.57. The van der Waals surface area contributed by atoms with E-state index in [-0.39, 0.29) is 20.0 Å². The Bertz CT molecular complexity index is 791. The molecular formula is C18H16Cl2O5. The lowest BCUT2D eigenvalue weighted by molar-refractivity contribution is -0.147. The Kier molecular flexibility index (Phi) is 5.68. The summed E-state index contributed by atoms with van der Waals surface area (Å²) in [6.07, 6.45) is 0. The van der Waals surface area contributed by atoms with Crippen molar-refractivity contribution in [3.63, 3.8) is 0 Å². The molecule has 0 spiro atoms. The number of esters is 1. The fourth-order valence-corrected chi connectivity index (χ4v) is 2.86. The van der Waals surface area contributed by atoms with Crippen molar-refractivity contribution < 1.29 is 23.7 Å². The molecule has 2 aromatic carbocycles. The summed E-state index contributed by atoms with van der Waals surface area (Å²) in [4.78, 5) is 12.0. The van der Waals surface area contributed by atoms with Crippen molar-refractivity contribution in [1.29, 1.82) is 0 Å². The normalized spacial score (nSPS) is 12.9. The molecule has 0 N–H and O–H groups in total. The fourth-order valence-electron chi connectivity index (χ4n) is 2.42. The van der Waals surface area contributed by atoms with E-state index in [2.05, 4.69) is 0 Å². The standard InChI is InChI=1S/C18H16Cl2O5/c1-11-2-3-15(20)16(4-11)23-9-17(21)24-8-13-6-14(19)5-12-7-22-10-25-18(12)13/h2-6H,7-10H2,1H3. The first-order valence-electron chi connectivity index (χ1n) is 7.59. The van der Waals surface area contributed by atoms with Crippen LogP contribution >= 0.6 is 23.2 Å². The van der Waals surface area contributed by atoms with Crippen molar-refractivity contribution in [2.24, 2.45) is 0 Å².